The van der Waals surface area contributed by atoms with E-state index in [1.54, 1.807) is 13.0 Å². The summed E-state index contributed by atoms with van der Waals surface area (Å²) < 4.78 is 5.69. The third-order valence-corrected chi connectivity index (χ3v) is 3.86. The Bertz CT molecular complexity index is 552. The number of hydrogen-bond donors (Lipinski definition) is 0. The van der Waals surface area contributed by atoms with Gasteiger partial charge in [-0.05, 0) is 24.6 Å². The molecule has 0 bridgehead atoms. The smallest absolute Gasteiger partial charge is 0.163 e. The van der Waals surface area contributed by atoms with E-state index in [0.29, 0.717) is 17.9 Å². The monoisotopic (exact) mass is 286 g/mol. The number of ketones is 1. The van der Waals surface area contributed by atoms with Crippen molar-refractivity contribution in [3.05, 3.63) is 65.7 Å². The number of benzene rings is 2. The van der Waals surface area contributed by atoms with Gasteiger partial charge < -0.3 is 4.74 Å². The van der Waals surface area contributed by atoms with Crippen LogP contribution in [0.5, 0.6) is 5.75 Å². The van der Waals surface area contributed by atoms with E-state index in [-0.39, 0.29) is 5.78 Å². The van der Waals surface area contributed by atoms with Crippen molar-refractivity contribution in [2.75, 3.05) is 12.4 Å². The number of hydrogen-bond acceptors (Lipinski definition) is 3. The maximum atomic E-state index is 11.5. The van der Waals surface area contributed by atoms with Gasteiger partial charge in [-0.3, -0.25) is 4.79 Å². The number of ether oxygens (including phenoxy) is 1. The summed E-state index contributed by atoms with van der Waals surface area (Å²) in [6.45, 7) is 2.17. The average molecular weight is 286 g/mol. The van der Waals surface area contributed by atoms with E-state index in [1.165, 1.54) is 5.56 Å². The molecule has 0 atom stereocenters. The molecule has 0 aliphatic carbocycles. The van der Waals surface area contributed by atoms with Crippen molar-refractivity contribution in [1.82, 2.24) is 0 Å². The van der Waals surface area contributed by atoms with Gasteiger partial charge in [0.25, 0.3) is 0 Å². The van der Waals surface area contributed by atoms with E-state index in [0.717, 1.165) is 11.5 Å². The lowest BCUT2D eigenvalue weighted by Gasteiger charge is -2.09. The highest BCUT2D eigenvalue weighted by molar-refractivity contribution is 7.98. The first-order valence-electron chi connectivity index (χ1n) is 6.62. The lowest BCUT2D eigenvalue weighted by Crippen LogP contribution is -2.04. The maximum Gasteiger partial charge on any atom is 0.163 e. The second kappa shape index (κ2) is 7.75. The SMILES string of the molecule is CC(=O)c1ccccc1OCCSCc1ccccc1. The van der Waals surface area contributed by atoms with E-state index in [4.69, 9.17) is 4.74 Å². The zero-order valence-corrected chi connectivity index (χ0v) is 12.4. The normalized spacial score (nSPS) is 10.2. The third kappa shape index (κ3) is 4.42. The van der Waals surface area contributed by atoms with Crippen molar-refractivity contribution >= 4 is 17.5 Å². The Kier molecular flexibility index (Phi) is 5.69. The van der Waals surface area contributed by atoms with Gasteiger partial charge in [0.1, 0.15) is 5.75 Å². The van der Waals surface area contributed by atoms with Crippen LogP contribution in [0.25, 0.3) is 0 Å². The molecule has 0 heterocycles. The van der Waals surface area contributed by atoms with Gasteiger partial charge in [-0.15, -0.1) is 0 Å². The van der Waals surface area contributed by atoms with Crippen molar-refractivity contribution in [1.29, 1.82) is 0 Å². The number of Topliss-reactive ketones (excluding diaryl/α,β-unsaturated/α-hetero) is 1. The van der Waals surface area contributed by atoms with Crippen molar-refractivity contribution in [2.24, 2.45) is 0 Å². The Labute approximate surface area is 124 Å². The number of para-hydroxylation sites is 1. The van der Waals surface area contributed by atoms with E-state index in [1.807, 2.05) is 36.0 Å². The van der Waals surface area contributed by atoms with Crippen LogP contribution in [0.1, 0.15) is 22.8 Å². The van der Waals surface area contributed by atoms with Gasteiger partial charge in [0.15, 0.2) is 5.78 Å². The topological polar surface area (TPSA) is 26.3 Å². The summed E-state index contributed by atoms with van der Waals surface area (Å²) in [5.74, 6) is 2.61. The molecular weight excluding hydrogens is 268 g/mol. The highest BCUT2D eigenvalue weighted by atomic mass is 32.2. The van der Waals surface area contributed by atoms with Crippen molar-refractivity contribution in [3.8, 4) is 5.75 Å². The summed E-state index contributed by atoms with van der Waals surface area (Å²) in [5.41, 5.74) is 1.97. The first kappa shape index (κ1) is 14.7. The van der Waals surface area contributed by atoms with E-state index in [9.17, 15) is 4.79 Å². The summed E-state index contributed by atoms with van der Waals surface area (Å²) in [5, 5.41) is 0. The fourth-order valence-electron chi connectivity index (χ4n) is 1.86. The van der Waals surface area contributed by atoms with Crippen LogP contribution >= 0.6 is 11.8 Å². The minimum atomic E-state index is 0.0394. The Morgan fingerprint density at radius 1 is 1.05 bits per heavy atom. The van der Waals surface area contributed by atoms with Crippen LogP contribution in [0.4, 0.5) is 0 Å². The largest absolute Gasteiger partial charge is 0.492 e. The first-order valence-corrected chi connectivity index (χ1v) is 7.77. The van der Waals surface area contributed by atoms with Crippen molar-refractivity contribution in [2.45, 2.75) is 12.7 Å². The van der Waals surface area contributed by atoms with E-state index in [2.05, 4.69) is 24.3 Å². The summed E-state index contributed by atoms with van der Waals surface area (Å²) >= 11 is 1.83. The molecule has 2 rings (SSSR count). The molecule has 0 fully saturated rings. The molecule has 0 N–H and O–H groups in total. The quantitative estimate of drug-likeness (QED) is 0.563. The minimum absolute atomic E-state index is 0.0394. The average Bonchev–Trinajstić information content (AvgIpc) is 2.48. The van der Waals surface area contributed by atoms with Gasteiger partial charge in [0, 0.05) is 11.5 Å². The molecule has 0 unspecified atom stereocenters. The molecule has 0 spiro atoms. The molecule has 0 aromatic heterocycles. The first-order chi connectivity index (χ1) is 9.77. The predicted octanol–water partition coefficient (Wildman–Crippen LogP) is 4.20. The Hall–Kier alpha value is -1.74. The molecule has 3 heteroatoms. The van der Waals surface area contributed by atoms with Gasteiger partial charge in [-0.1, -0.05) is 42.5 Å². The van der Waals surface area contributed by atoms with Crippen LogP contribution in [-0.2, 0) is 5.75 Å². The van der Waals surface area contributed by atoms with Crippen LogP contribution in [0.15, 0.2) is 54.6 Å². The summed E-state index contributed by atoms with van der Waals surface area (Å²) in [6, 6.07) is 17.8. The maximum absolute atomic E-state index is 11.5. The van der Waals surface area contributed by atoms with Crippen LogP contribution in [0, 0.1) is 0 Å². The molecule has 0 aliphatic heterocycles. The summed E-state index contributed by atoms with van der Waals surface area (Å²) in [7, 11) is 0. The van der Waals surface area contributed by atoms with Gasteiger partial charge in [-0.2, -0.15) is 11.8 Å². The molecule has 0 amide bonds. The number of thioether (sulfide) groups is 1. The molecule has 0 aliphatic rings. The molecular formula is C17H18O2S. The zero-order chi connectivity index (χ0) is 14.2. The fraction of sp³-hybridized carbons (Fsp3) is 0.235. The van der Waals surface area contributed by atoms with Crippen LogP contribution < -0.4 is 4.74 Å². The summed E-state index contributed by atoms with van der Waals surface area (Å²) in [4.78, 5) is 11.5. The highest BCUT2D eigenvalue weighted by Gasteiger charge is 2.06. The second-order valence-electron chi connectivity index (χ2n) is 4.44. The Morgan fingerprint density at radius 2 is 1.75 bits per heavy atom. The number of carbonyl (C=O) groups is 1. The molecule has 2 nitrogen and oxygen atoms in total. The molecule has 20 heavy (non-hydrogen) atoms. The third-order valence-electron chi connectivity index (χ3n) is 2.86. The molecule has 104 valence electrons. The summed E-state index contributed by atoms with van der Waals surface area (Å²) in [6.07, 6.45) is 0. The molecule has 0 saturated heterocycles. The minimum Gasteiger partial charge on any atom is -0.492 e. The molecule has 0 saturated carbocycles. The standard InChI is InChI=1S/C17H18O2S/c1-14(18)16-9-5-6-10-17(16)19-11-12-20-13-15-7-3-2-4-8-15/h2-10H,11-13H2,1H3. The lowest BCUT2D eigenvalue weighted by atomic mass is 10.1. The van der Waals surface area contributed by atoms with Gasteiger partial charge in [-0.25, -0.2) is 0 Å². The number of rotatable bonds is 7. The highest BCUT2D eigenvalue weighted by Crippen LogP contribution is 2.19. The lowest BCUT2D eigenvalue weighted by molar-refractivity contribution is 0.101. The van der Waals surface area contributed by atoms with E-state index >= 15 is 0 Å². The molecule has 2 aromatic rings. The Balaban J connectivity index is 1.75. The second-order valence-corrected chi connectivity index (χ2v) is 5.54. The van der Waals surface area contributed by atoms with Gasteiger partial charge in [0.2, 0.25) is 0 Å². The van der Waals surface area contributed by atoms with Crippen LogP contribution in [0.3, 0.4) is 0 Å². The predicted molar refractivity (Wildman–Crippen MR) is 84.5 cm³/mol. The van der Waals surface area contributed by atoms with Crippen molar-refractivity contribution < 1.29 is 9.53 Å². The van der Waals surface area contributed by atoms with Gasteiger partial charge >= 0.3 is 0 Å². The van der Waals surface area contributed by atoms with Crippen LogP contribution in [-0.4, -0.2) is 18.1 Å². The van der Waals surface area contributed by atoms with Gasteiger partial charge in [0.05, 0.1) is 12.2 Å². The van der Waals surface area contributed by atoms with Crippen molar-refractivity contribution in [3.63, 3.8) is 0 Å². The fourth-order valence-corrected chi connectivity index (χ4v) is 2.63. The molecule has 2 aromatic carbocycles. The Morgan fingerprint density at radius 3 is 2.50 bits per heavy atom. The van der Waals surface area contributed by atoms with Crippen LogP contribution in [0.2, 0.25) is 0 Å². The molecule has 0 radical (unpaired) electrons. The zero-order valence-electron chi connectivity index (χ0n) is 11.5. The number of carbonyl (C=O) groups excluding carboxylic acids is 1. The van der Waals surface area contributed by atoms with E-state index < -0.39 is 0 Å².